The Labute approximate surface area is 271 Å². The van der Waals surface area contributed by atoms with Gasteiger partial charge in [-0.15, -0.1) is 0 Å². The molecule has 0 spiro atoms. The molecule has 0 atom stereocenters. The Balaban J connectivity index is 1.31. The largest absolute Gasteiger partial charge is 0.493 e. The van der Waals surface area contributed by atoms with Crippen molar-refractivity contribution in [3.05, 3.63) is 142 Å². The minimum absolute atomic E-state index is 0.00644. The van der Waals surface area contributed by atoms with Gasteiger partial charge in [0.1, 0.15) is 12.0 Å². The van der Waals surface area contributed by atoms with Crippen molar-refractivity contribution in [2.75, 3.05) is 38.4 Å². The third-order valence-electron chi connectivity index (χ3n) is 7.70. The predicted octanol–water partition coefficient (Wildman–Crippen LogP) is 8.27. The molecule has 1 aliphatic rings. The van der Waals surface area contributed by atoms with Gasteiger partial charge in [-0.1, -0.05) is 90.5 Å². The molecule has 0 bridgehead atoms. The minimum atomic E-state index is -4.55. The van der Waals surface area contributed by atoms with E-state index in [1.54, 1.807) is 37.4 Å². The Morgan fingerprint density at radius 3 is 2.24 bits per heavy atom. The van der Waals surface area contributed by atoms with Crippen LogP contribution < -0.4 is 9.64 Å². The summed E-state index contributed by atoms with van der Waals surface area (Å²) in [6.45, 7) is 1.66. The maximum atomic E-state index is 13.7. The van der Waals surface area contributed by atoms with Crippen LogP contribution in [-0.4, -0.2) is 44.3 Å². The Morgan fingerprint density at radius 1 is 0.935 bits per heavy atom. The number of amides is 1. The van der Waals surface area contributed by atoms with E-state index in [1.165, 1.54) is 17.2 Å². The van der Waals surface area contributed by atoms with Crippen LogP contribution in [0.15, 0.2) is 115 Å². The molecule has 0 unspecified atom stereocenters. The normalized spacial score (nSPS) is 12.9. The second kappa shape index (κ2) is 15.2. The van der Waals surface area contributed by atoms with Gasteiger partial charge < -0.3 is 19.1 Å². The lowest BCUT2D eigenvalue weighted by Gasteiger charge is -2.29. The molecule has 46 heavy (non-hydrogen) atoms. The summed E-state index contributed by atoms with van der Waals surface area (Å²) in [5, 5.41) is -0.284. The third kappa shape index (κ3) is 8.41. The van der Waals surface area contributed by atoms with Crippen LogP contribution in [0.25, 0.3) is 0 Å². The van der Waals surface area contributed by atoms with Gasteiger partial charge in [0.15, 0.2) is 0 Å². The van der Waals surface area contributed by atoms with Gasteiger partial charge in [0.2, 0.25) is 12.6 Å². The fraction of sp³-hybridized carbons (Fsp3) is 0.250. The summed E-state index contributed by atoms with van der Waals surface area (Å²) in [7, 11) is 1.64. The zero-order chi connectivity index (χ0) is 32.5. The van der Waals surface area contributed by atoms with Gasteiger partial charge in [0.25, 0.3) is 5.91 Å². The summed E-state index contributed by atoms with van der Waals surface area (Å²) in [6.07, 6.45) is -2.67. The highest BCUT2D eigenvalue weighted by atomic mass is 35.5. The number of carbonyl (C=O) groups excluding carboxylic acids is 1. The number of anilines is 1. The molecule has 0 saturated carbocycles. The fourth-order valence-electron chi connectivity index (χ4n) is 5.32. The van der Waals surface area contributed by atoms with Crippen LogP contribution in [0.5, 0.6) is 5.75 Å². The standard InChI is InChI=1S/C36H34ClF3N2O4/c1-41(35(43)33-24-44-25-46-33)29-16-9-17-30(21-29)45-20-10-19-42(22-28-15-8-18-32(34(28)37)36(38,39)40)23-31(26-11-4-2-5-12-26)27-13-6-3-7-14-27/h2-9,11-18,21,24,31H,10,19-20,22-23,25H2,1H3. The second-order valence-corrected chi connectivity index (χ2v) is 11.2. The number of halogens is 4. The lowest BCUT2D eigenvalue weighted by Crippen LogP contribution is -2.31. The summed E-state index contributed by atoms with van der Waals surface area (Å²) in [6, 6.07) is 31.3. The average molecular weight is 651 g/mol. The molecule has 10 heteroatoms. The molecule has 1 heterocycles. The molecule has 0 fully saturated rings. The Bertz CT molecular complexity index is 1590. The van der Waals surface area contributed by atoms with Gasteiger partial charge in [-0.3, -0.25) is 9.69 Å². The first-order chi connectivity index (χ1) is 22.2. The number of carbonyl (C=O) groups is 1. The molecule has 0 radical (unpaired) electrons. The molecule has 1 amide bonds. The van der Waals surface area contributed by atoms with Crippen LogP contribution in [-0.2, 0) is 27.0 Å². The van der Waals surface area contributed by atoms with E-state index < -0.39 is 11.7 Å². The fourth-order valence-corrected chi connectivity index (χ4v) is 5.62. The van der Waals surface area contributed by atoms with Crippen LogP contribution in [0.3, 0.4) is 0 Å². The lowest BCUT2D eigenvalue weighted by atomic mass is 9.90. The molecule has 0 saturated heterocycles. The van der Waals surface area contributed by atoms with Crippen LogP contribution in [0.1, 0.15) is 34.6 Å². The Hall–Kier alpha value is -4.47. The highest BCUT2D eigenvalue weighted by Crippen LogP contribution is 2.37. The zero-order valence-corrected chi connectivity index (χ0v) is 26.0. The van der Waals surface area contributed by atoms with Crippen molar-refractivity contribution in [2.24, 2.45) is 0 Å². The first kappa shape index (κ1) is 32.9. The zero-order valence-electron chi connectivity index (χ0n) is 25.3. The van der Waals surface area contributed by atoms with Crippen molar-refractivity contribution < 1.29 is 32.2 Å². The smallest absolute Gasteiger partial charge is 0.417 e. The molecular formula is C36H34ClF3N2O4. The Kier molecular flexibility index (Phi) is 10.9. The number of ether oxygens (including phenoxy) is 3. The summed E-state index contributed by atoms with van der Waals surface area (Å²) in [5.41, 5.74) is 2.39. The molecule has 6 nitrogen and oxygen atoms in total. The van der Waals surface area contributed by atoms with Crippen LogP contribution in [0, 0.1) is 0 Å². The average Bonchev–Trinajstić information content (AvgIpc) is 3.61. The molecule has 1 aliphatic heterocycles. The molecule has 4 aromatic rings. The Morgan fingerprint density at radius 2 is 1.61 bits per heavy atom. The van der Waals surface area contributed by atoms with Crippen molar-refractivity contribution >= 4 is 23.2 Å². The lowest BCUT2D eigenvalue weighted by molar-refractivity contribution is -0.137. The van der Waals surface area contributed by atoms with Gasteiger partial charge >= 0.3 is 6.18 Å². The van der Waals surface area contributed by atoms with Crippen LogP contribution in [0.4, 0.5) is 18.9 Å². The number of alkyl halides is 3. The van der Waals surface area contributed by atoms with Gasteiger partial charge in [-0.25, -0.2) is 0 Å². The first-order valence-electron chi connectivity index (χ1n) is 14.8. The number of nitrogens with zero attached hydrogens (tertiary/aromatic N) is 2. The summed E-state index contributed by atoms with van der Waals surface area (Å²) < 4.78 is 57.3. The number of rotatable bonds is 13. The van der Waals surface area contributed by atoms with E-state index in [1.807, 2.05) is 36.4 Å². The molecule has 4 aromatic carbocycles. The molecule has 0 aromatic heterocycles. The number of likely N-dealkylation sites (N-methyl/N-ethyl adjacent to an activating group) is 1. The third-order valence-corrected chi connectivity index (χ3v) is 8.15. The minimum Gasteiger partial charge on any atom is -0.493 e. The number of hydrogen-bond donors (Lipinski definition) is 0. The maximum Gasteiger partial charge on any atom is 0.417 e. The van der Waals surface area contributed by atoms with Crippen LogP contribution >= 0.6 is 11.6 Å². The molecule has 5 rings (SSSR count). The number of hydrogen-bond acceptors (Lipinski definition) is 5. The van der Waals surface area contributed by atoms with Crippen LogP contribution in [0.2, 0.25) is 5.02 Å². The van der Waals surface area contributed by atoms with Crippen molar-refractivity contribution in [3.63, 3.8) is 0 Å². The topological polar surface area (TPSA) is 51.2 Å². The highest BCUT2D eigenvalue weighted by molar-refractivity contribution is 6.32. The molecular weight excluding hydrogens is 617 g/mol. The SMILES string of the molecule is CN(C(=O)C1=COCO1)c1cccc(OCCCN(Cc2cccc(C(F)(F)F)c2Cl)CC(c2ccccc2)c2ccccc2)c1. The van der Waals surface area contributed by atoms with Gasteiger partial charge in [-0.2, -0.15) is 13.2 Å². The van der Waals surface area contributed by atoms with E-state index in [0.717, 1.165) is 17.2 Å². The summed E-state index contributed by atoms with van der Waals surface area (Å²) >= 11 is 6.34. The predicted molar refractivity (Wildman–Crippen MR) is 172 cm³/mol. The van der Waals surface area contributed by atoms with E-state index in [-0.39, 0.29) is 35.9 Å². The van der Waals surface area contributed by atoms with E-state index in [4.69, 9.17) is 25.8 Å². The van der Waals surface area contributed by atoms with E-state index in [0.29, 0.717) is 43.1 Å². The molecule has 0 N–H and O–H groups in total. The highest BCUT2D eigenvalue weighted by Gasteiger charge is 2.34. The van der Waals surface area contributed by atoms with E-state index in [2.05, 4.69) is 29.2 Å². The summed E-state index contributed by atoms with van der Waals surface area (Å²) in [4.78, 5) is 16.2. The first-order valence-corrected chi connectivity index (χ1v) is 15.2. The van der Waals surface area contributed by atoms with Gasteiger partial charge in [0.05, 0.1) is 17.2 Å². The van der Waals surface area contributed by atoms with Crippen molar-refractivity contribution in [1.82, 2.24) is 4.90 Å². The van der Waals surface area contributed by atoms with Gasteiger partial charge in [-0.05, 0) is 41.3 Å². The quantitative estimate of drug-likeness (QED) is 0.136. The van der Waals surface area contributed by atoms with Crippen molar-refractivity contribution in [1.29, 1.82) is 0 Å². The molecule has 0 aliphatic carbocycles. The molecule has 240 valence electrons. The van der Waals surface area contributed by atoms with Crippen molar-refractivity contribution in [3.8, 4) is 5.75 Å². The maximum absolute atomic E-state index is 13.7. The van der Waals surface area contributed by atoms with E-state index >= 15 is 0 Å². The monoisotopic (exact) mass is 650 g/mol. The van der Waals surface area contributed by atoms with E-state index in [9.17, 15) is 18.0 Å². The van der Waals surface area contributed by atoms with Crippen molar-refractivity contribution in [2.45, 2.75) is 25.1 Å². The number of benzene rings is 4. The summed E-state index contributed by atoms with van der Waals surface area (Å²) in [5.74, 6) is 0.333. The second-order valence-electron chi connectivity index (χ2n) is 10.9. The van der Waals surface area contributed by atoms with Gasteiger partial charge in [0, 0.05) is 44.4 Å².